The summed E-state index contributed by atoms with van der Waals surface area (Å²) in [5.74, 6) is 0.568. The molecule has 104 valence electrons. The van der Waals surface area contributed by atoms with Crippen molar-refractivity contribution < 1.29 is 14.6 Å². The fraction of sp³-hybridized carbons (Fsp3) is 0.188. The zero-order chi connectivity index (χ0) is 14.5. The molecular formula is C16H17NO3. The molecule has 0 amide bonds. The Morgan fingerprint density at radius 1 is 1.20 bits per heavy atom. The molecule has 2 rings (SSSR count). The van der Waals surface area contributed by atoms with E-state index in [2.05, 4.69) is 0 Å². The van der Waals surface area contributed by atoms with Crippen LogP contribution in [0.3, 0.4) is 0 Å². The number of carboxylic acids is 1. The molecule has 3 N–H and O–H groups in total. The summed E-state index contributed by atoms with van der Waals surface area (Å²) in [5.41, 5.74) is 8.33. The van der Waals surface area contributed by atoms with Crippen LogP contribution in [0.2, 0.25) is 0 Å². The summed E-state index contributed by atoms with van der Waals surface area (Å²) in [6.07, 6.45) is 0.449. The van der Waals surface area contributed by atoms with Gasteiger partial charge >= 0.3 is 5.97 Å². The van der Waals surface area contributed by atoms with Gasteiger partial charge in [-0.15, -0.1) is 0 Å². The molecular weight excluding hydrogens is 254 g/mol. The first-order valence-electron chi connectivity index (χ1n) is 6.39. The Labute approximate surface area is 117 Å². The molecule has 2 aromatic carbocycles. The molecule has 0 radical (unpaired) electrons. The minimum Gasteiger partial charge on any atom is -0.481 e. The SMILES string of the molecule is Cc1cccc(Oc2ccc(N)c(CCC(=O)O)c2)c1. The largest absolute Gasteiger partial charge is 0.481 e. The van der Waals surface area contributed by atoms with E-state index in [9.17, 15) is 4.79 Å². The number of aryl methyl sites for hydroxylation is 2. The van der Waals surface area contributed by atoms with E-state index in [0.29, 0.717) is 17.9 Å². The van der Waals surface area contributed by atoms with Gasteiger partial charge in [0.15, 0.2) is 0 Å². The summed E-state index contributed by atoms with van der Waals surface area (Å²) >= 11 is 0. The number of carbonyl (C=O) groups is 1. The van der Waals surface area contributed by atoms with Crippen LogP contribution in [-0.4, -0.2) is 11.1 Å². The second-order valence-corrected chi connectivity index (χ2v) is 4.67. The molecule has 0 saturated carbocycles. The predicted molar refractivity (Wildman–Crippen MR) is 78.1 cm³/mol. The molecule has 4 heteroatoms. The number of nitrogens with two attached hydrogens (primary N) is 1. The fourth-order valence-electron chi connectivity index (χ4n) is 1.92. The third-order valence-corrected chi connectivity index (χ3v) is 2.95. The van der Waals surface area contributed by atoms with Gasteiger partial charge in [0, 0.05) is 12.1 Å². The average molecular weight is 271 g/mol. The van der Waals surface area contributed by atoms with Gasteiger partial charge in [-0.3, -0.25) is 4.79 Å². The van der Waals surface area contributed by atoms with Crippen LogP contribution < -0.4 is 10.5 Å². The van der Waals surface area contributed by atoms with Crippen LogP contribution in [0.25, 0.3) is 0 Å². The van der Waals surface area contributed by atoms with E-state index in [1.165, 1.54) is 0 Å². The molecule has 0 aliphatic heterocycles. The van der Waals surface area contributed by atoms with Gasteiger partial charge in [0.25, 0.3) is 0 Å². The maximum Gasteiger partial charge on any atom is 0.303 e. The number of hydrogen-bond donors (Lipinski definition) is 2. The van der Waals surface area contributed by atoms with Gasteiger partial charge in [-0.1, -0.05) is 12.1 Å². The van der Waals surface area contributed by atoms with Crippen LogP contribution in [0.5, 0.6) is 11.5 Å². The second-order valence-electron chi connectivity index (χ2n) is 4.67. The third kappa shape index (κ3) is 3.75. The monoisotopic (exact) mass is 271 g/mol. The first-order valence-corrected chi connectivity index (χ1v) is 6.39. The number of aliphatic carboxylic acids is 1. The normalized spacial score (nSPS) is 10.2. The molecule has 0 saturated heterocycles. The van der Waals surface area contributed by atoms with Crippen molar-refractivity contribution in [2.24, 2.45) is 0 Å². The standard InChI is InChI=1S/C16H17NO3/c1-11-3-2-4-13(9-11)20-14-6-7-15(17)12(10-14)5-8-16(18)19/h2-4,6-7,9-10H,5,8,17H2,1H3,(H,18,19). The summed E-state index contributed by atoms with van der Waals surface area (Å²) < 4.78 is 5.76. The van der Waals surface area contributed by atoms with E-state index < -0.39 is 5.97 Å². The minimum atomic E-state index is -0.839. The zero-order valence-corrected chi connectivity index (χ0v) is 11.3. The molecule has 20 heavy (non-hydrogen) atoms. The number of nitrogen functional groups attached to an aromatic ring is 1. The molecule has 0 bridgehead atoms. The van der Waals surface area contributed by atoms with E-state index in [4.69, 9.17) is 15.6 Å². The lowest BCUT2D eigenvalue weighted by molar-refractivity contribution is -0.136. The van der Waals surface area contributed by atoms with Crippen LogP contribution in [0.15, 0.2) is 42.5 Å². The van der Waals surface area contributed by atoms with Gasteiger partial charge in [0.2, 0.25) is 0 Å². The summed E-state index contributed by atoms with van der Waals surface area (Å²) in [6, 6.07) is 13.0. The Balaban J connectivity index is 2.16. The van der Waals surface area contributed by atoms with Crippen LogP contribution >= 0.6 is 0 Å². The summed E-state index contributed by atoms with van der Waals surface area (Å²) in [6.45, 7) is 1.99. The number of anilines is 1. The molecule has 0 spiro atoms. The third-order valence-electron chi connectivity index (χ3n) is 2.95. The molecule has 0 atom stereocenters. The van der Waals surface area contributed by atoms with Crippen molar-refractivity contribution >= 4 is 11.7 Å². The van der Waals surface area contributed by atoms with Crippen LogP contribution in [0.4, 0.5) is 5.69 Å². The molecule has 0 aromatic heterocycles. The smallest absolute Gasteiger partial charge is 0.303 e. The fourth-order valence-corrected chi connectivity index (χ4v) is 1.92. The highest BCUT2D eigenvalue weighted by Crippen LogP contribution is 2.26. The Kier molecular flexibility index (Phi) is 4.25. The highest BCUT2D eigenvalue weighted by atomic mass is 16.5. The van der Waals surface area contributed by atoms with Crippen molar-refractivity contribution in [3.05, 3.63) is 53.6 Å². The number of benzene rings is 2. The van der Waals surface area contributed by atoms with E-state index in [1.54, 1.807) is 18.2 Å². The van der Waals surface area contributed by atoms with Gasteiger partial charge in [0.05, 0.1) is 0 Å². The molecule has 0 fully saturated rings. The highest BCUT2D eigenvalue weighted by Gasteiger charge is 2.06. The van der Waals surface area contributed by atoms with Gasteiger partial charge in [-0.05, 0) is 54.8 Å². The molecule has 0 unspecified atom stereocenters. The quantitative estimate of drug-likeness (QED) is 0.818. The first-order chi connectivity index (χ1) is 9.54. The van der Waals surface area contributed by atoms with E-state index in [-0.39, 0.29) is 6.42 Å². The van der Waals surface area contributed by atoms with Crippen LogP contribution in [-0.2, 0) is 11.2 Å². The van der Waals surface area contributed by atoms with Crippen molar-refractivity contribution in [2.75, 3.05) is 5.73 Å². The van der Waals surface area contributed by atoms with Gasteiger partial charge < -0.3 is 15.6 Å². The van der Waals surface area contributed by atoms with E-state index in [1.807, 2.05) is 31.2 Å². The maximum atomic E-state index is 10.6. The van der Waals surface area contributed by atoms with Crippen molar-refractivity contribution in [1.29, 1.82) is 0 Å². The second kappa shape index (κ2) is 6.10. The number of rotatable bonds is 5. The number of ether oxygens (including phenoxy) is 1. The first kappa shape index (κ1) is 13.9. The van der Waals surface area contributed by atoms with Crippen LogP contribution in [0.1, 0.15) is 17.5 Å². The lowest BCUT2D eigenvalue weighted by atomic mass is 10.1. The Morgan fingerprint density at radius 2 is 1.95 bits per heavy atom. The average Bonchev–Trinajstić information content (AvgIpc) is 2.39. The molecule has 0 heterocycles. The summed E-state index contributed by atoms with van der Waals surface area (Å²) in [4.78, 5) is 10.6. The Hall–Kier alpha value is -2.49. The lowest BCUT2D eigenvalue weighted by Crippen LogP contribution is -2.01. The summed E-state index contributed by atoms with van der Waals surface area (Å²) in [7, 11) is 0. The summed E-state index contributed by atoms with van der Waals surface area (Å²) in [5, 5.41) is 8.73. The Morgan fingerprint density at radius 3 is 2.65 bits per heavy atom. The number of carboxylic acid groups (broad SMARTS) is 1. The zero-order valence-electron chi connectivity index (χ0n) is 11.3. The van der Waals surface area contributed by atoms with E-state index >= 15 is 0 Å². The maximum absolute atomic E-state index is 10.6. The molecule has 2 aromatic rings. The Bertz CT molecular complexity index is 623. The minimum absolute atomic E-state index is 0.0537. The van der Waals surface area contributed by atoms with Crippen molar-refractivity contribution in [1.82, 2.24) is 0 Å². The van der Waals surface area contributed by atoms with Crippen molar-refractivity contribution in [3.8, 4) is 11.5 Å². The number of hydrogen-bond acceptors (Lipinski definition) is 3. The van der Waals surface area contributed by atoms with Gasteiger partial charge in [-0.2, -0.15) is 0 Å². The lowest BCUT2D eigenvalue weighted by Gasteiger charge is -2.10. The van der Waals surface area contributed by atoms with Gasteiger partial charge in [0.1, 0.15) is 11.5 Å². The molecule has 0 aliphatic rings. The topological polar surface area (TPSA) is 72.5 Å². The van der Waals surface area contributed by atoms with Gasteiger partial charge in [-0.25, -0.2) is 0 Å². The van der Waals surface area contributed by atoms with Crippen LogP contribution in [0, 0.1) is 6.92 Å². The van der Waals surface area contributed by atoms with Crippen molar-refractivity contribution in [3.63, 3.8) is 0 Å². The molecule has 4 nitrogen and oxygen atoms in total. The van der Waals surface area contributed by atoms with Crippen molar-refractivity contribution in [2.45, 2.75) is 19.8 Å². The highest BCUT2D eigenvalue weighted by molar-refractivity contribution is 5.67. The van der Waals surface area contributed by atoms with E-state index in [0.717, 1.165) is 16.9 Å². The predicted octanol–water partition coefficient (Wildman–Crippen LogP) is 3.39. The molecule has 0 aliphatic carbocycles.